The molecule has 0 saturated heterocycles. The van der Waals surface area contributed by atoms with Crippen LogP contribution in [0.15, 0.2) is 36.4 Å². The second-order valence-electron chi connectivity index (χ2n) is 8.87. The molecule has 0 spiro atoms. The van der Waals surface area contributed by atoms with Crippen molar-refractivity contribution >= 4 is 24.0 Å². The Morgan fingerprint density at radius 3 is 1.70 bits per heavy atom. The summed E-state index contributed by atoms with van der Waals surface area (Å²) >= 11 is 0. The maximum absolute atomic E-state index is 10.8. The molecule has 1 atom stereocenters. The third-order valence-electron chi connectivity index (χ3n) is 5.69. The van der Waals surface area contributed by atoms with Crippen molar-refractivity contribution in [3.8, 4) is 0 Å². The smallest absolute Gasteiger partial charge is 0.207 e. The molecule has 0 aliphatic carbocycles. The molecule has 0 bridgehead atoms. The minimum Gasteiger partial charge on any atom is -0.371 e. The Labute approximate surface area is 237 Å². The first-order valence-corrected chi connectivity index (χ1v) is 12.9. The van der Waals surface area contributed by atoms with E-state index in [9.17, 15) is 4.79 Å². The maximum Gasteiger partial charge on any atom is 0.207 e. The molecule has 1 amide bonds. The molecule has 0 aliphatic rings. The average Bonchev–Trinajstić information content (AvgIpc) is 2.98. The lowest BCUT2D eigenvalue weighted by Gasteiger charge is -2.26. The number of ether oxygens (including phenoxy) is 6. The van der Waals surface area contributed by atoms with Gasteiger partial charge < -0.3 is 38.5 Å². The van der Waals surface area contributed by atoms with Crippen molar-refractivity contribution in [3.63, 3.8) is 0 Å². The molecule has 12 nitrogen and oxygen atoms in total. The van der Waals surface area contributed by atoms with E-state index in [0.29, 0.717) is 72.7 Å². The van der Waals surface area contributed by atoms with Crippen molar-refractivity contribution in [2.24, 2.45) is 0 Å². The van der Waals surface area contributed by atoms with Gasteiger partial charge in [0.25, 0.3) is 0 Å². The van der Waals surface area contributed by atoms with E-state index in [1.807, 2.05) is 11.7 Å². The molecule has 2 aromatic rings. The predicted octanol–water partition coefficient (Wildman–Crippen LogP) is 1.07. The molecule has 0 radical (unpaired) electrons. The first-order valence-electron chi connectivity index (χ1n) is 12.9. The molecular weight excluding hydrogens is 520 g/mol. The van der Waals surface area contributed by atoms with Crippen LogP contribution >= 0.6 is 0 Å². The van der Waals surface area contributed by atoms with Gasteiger partial charge in [0.05, 0.1) is 38.9 Å². The van der Waals surface area contributed by atoms with Crippen LogP contribution in [0.3, 0.4) is 0 Å². The van der Waals surface area contributed by atoms with Crippen molar-refractivity contribution in [1.29, 1.82) is 0 Å². The molecule has 3 N–H and O–H groups in total. The normalized spacial score (nSPS) is 11.9. The topological polar surface area (TPSA) is 129 Å². The van der Waals surface area contributed by atoms with E-state index in [2.05, 4.69) is 52.3 Å². The molecule has 0 saturated carbocycles. The number of carbonyl (C=O) groups is 2. The molecule has 0 aromatic heterocycles. The van der Waals surface area contributed by atoms with Gasteiger partial charge in [-0.15, -0.1) is 0 Å². The third-order valence-corrected chi connectivity index (χ3v) is 5.69. The molecule has 2 rings (SSSR count). The second-order valence-corrected chi connectivity index (χ2v) is 8.87. The van der Waals surface area contributed by atoms with Crippen LogP contribution in [0, 0.1) is 0 Å². The molecule has 12 heteroatoms. The SMILES string of the molecule is C=O.COCNCC(CNCOC)OCc1ccc2cc(COC(CNC=O)CN(COC)COC)ccc2c1. The number of hydrogen-bond acceptors (Lipinski definition) is 11. The summed E-state index contributed by atoms with van der Waals surface area (Å²) in [4.78, 5) is 20.8. The fourth-order valence-corrected chi connectivity index (χ4v) is 3.94. The van der Waals surface area contributed by atoms with Crippen LogP contribution in [0.5, 0.6) is 0 Å². The highest BCUT2D eigenvalue weighted by Crippen LogP contribution is 2.20. The molecule has 0 fully saturated rings. The Bertz CT molecular complexity index is 907. The number of rotatable bonds is 23. The largest absolute Gasteiger partial charge is 0.371 e. The van der Waals surface area contributed by atoms with Crippen LogP contribution in [0.25, 0.3) is 10.8 Å². The van der Waals surface area contributed by atoms with Crippen LogP contribution in [-0.4, -0.2) is 112 Å². The Morgan fingerprint density at radius 2 is 1.25 bits per heavy atom. The average molecular weight is 567 g/mol. The summed E-state index contributed by atoms with van der Waals surface area (Å²) in [6.45, 7) is 6.97. The number of carbonyl (C=O) groups excluding carboxylic acids is 2. The van der Waals surface area contributed by atoms with Gasteiger partial charge in [-0.25, -0.2) is 0 Å². The van der Waals surface area contributed by atoms with E-state index < -0.39 is 0 Å². The highest BCUT2D eigenvalue weighted by molar-refractivity contribution is 5.83. The number of amides is 1. The zero-order valence-electron chi connectivity index (χ0n) is 24.2. The molecule has 0 heterocycles. The molecule has 226 valence electrons. The highest BCUT2D eigenvalue weighted by atomic mass is 16.5. The van der Waals surface area contributed by atoms with Crippen molar-refractivity contribution in [2.45, 2.75) is 25.4 Å². The fraction of sp³-hybridized carbons (Fsp3) is 0.571. The molecular formula is C28H46N4O8. The lowest BCUT2D eigenvalue weighted by atomic mass is 10.0. The zero-order chi connectivity index (χ0) is 29.4. The Balaban J connectivity index is 0.00000391. The molecule has 1 unspecified atom stereocenters. The predicted molar refractivity (Wildman–Crippen MR) is 153 cm³/mol. The summed E-state index contributed by atoms with van der Waals surface area (Å²) in [7, 11) is 6.57. The standard InChI is InChI=1S/C27H44N4O7.CH2O/c1-33-18-29-11-26(12-30-19-34-2)37-15-22-5-7-25-10-23(6-8-24(25)9-22)16-38-27(13-28-17-32)14-31(20-35-3)21-36-4;1-2/h5-10,17,26-27,29-30H,11-16,18-21H2,1-4H3,(H,28,32);1H2. The summed E-state index contributed by atoms with van der Waals surface area (Å²) in [5.74, 6) is 0. The Morgan fingerprint density at radius 1 is 0.750 bits per heavy atom. The lowest BCUT2D eigenvalue weighted by Crippen LogP contribution is -2.41. The minimum absolute atomic E-state index is 0.0270. The molecule has 40 heavy (non-hydrogen) atoms. The van der Waals surface area contributed by atoms with Gasteiger partial charge >= 0.3 is 0 Å². The lowest BCUT2D eigenvalue weighted by molar-refractivity contribution is -0.110. The number of nitrogens with one attached hydrogen (secondary N) is 3. The van der Waals surface area contributed by atoms with Gasteiger partial charge in [-0.05, 0) is 34.0 Å². The van der Waals surface area contributed by atoms with Crippen LogP contribution in [-0.2, 0) is 51.2 Å². The van der Waals surface area contributed by atoms with Gasteiger partial charge in [0.15, 0.2) is 0 Å². The summed E-state index contributed by atoms with van der Waals surface area (Å²) < 4.78 is 32.9. The molecule has 2 aromatic carbocycles. The first kappa shape index (κ1) is 35.5. The monoisotopic (exact) mass is 566 g/mol. The number of benzene rings is 2. The zero-order valence-corrected chi connectivity index (χ0v) is 24.2. The number of hydrogen-bond donors (Lipinski definition) is 3. The van der Waals surface area contributed by atoms with E-state index in [4.69, 9.17) is 33.2 Å². The number of nitrogens with zero attached hydrogens (tertiary/aromatic N) is 1. The third kappa shape index (κ3) is 14.7. The van der Waals surface area contributed by atoms with E-state index in [0.717, 1.165) is 21.9 Å². The Hall–Kier alpha value is -2.52. The summed E-state index contributed by atoms with van der Waals surface area (Å²) in [5.41, 5.74) is 2.15. The van der Waals surface area contributed by atoms with Gasteiger partial charge in [-0.3, -0.25) is 20.3 Å². The van der Waals surface area contributed by atoms with Crippen LogP contribution in [0.4, 0.5) is 0 Å². The number of fused-ring (bicyclic) bond motifs is 1. The van der Waals surface area contributed by atoms with Gasteiger partial charge in [-0.1, -0.05) is 24.3 Å². The van der Waals surface area contributed by atoms with Crippen LogP contribution in [0.2, 0.25) is 0 Å². The summed E-state index contributed by atoms with van der Waals surface area (Å²) in [6.07, 6.45) is 0.436. The van der Waals surface area contributed by atoms with Crippen molar-refractivity contribution in [2.75, 3.05) is 81.5 Å². The van der Waals surface area contributed by atoms with E-state index in [-0.39, 0.29) is 12.2 Å². The summed E-state index contributed by atoms with van der Waals surface area (Å²) in [6, 6.07) is 12.6. The first-order chi connectivity index (χ1) is 19.6. The van der Waals surface area contributed by atoms with E-state index >= 15 is 0 Å². The number of methoxy groups -OCH3 is 4. The highest BCUT2D eigenvalue weighted by Gasteiger charge is 2.15. The van der Waals surface area contributed by atoms with Crippen LogP contribution in [0.1, 0.15) is 11.1 Å². The Kier molecular flexibility index (Phi) is 20.6. The van der Waals surface area contributed by atoms with Gasteiger partial charge in [0.2, 0.25) is 6.41 Å². The minimum atomic E-state index is -0.217. The van der Waals surface area contributed by atoms with Crippen molar-refractivity contribution in [1.82, 2.24) is 20.9 Å². The second kappa shape index (κ2) is 23.2. The van der Waals surface area contributed by atoms with Gasteiger partial charge in [0.1, 0.15) is 20.3 Å². The molecule has 0 aliphatic heterocycles. The fourth-order valence-electron chi connectivity index (χ4n) is 3.94. The van der Waals surface area contributed by atoms with Crippen molar-refractivity contribution in [3.05, 3.63) is 47.5 Å². The van der Waals surface area contributed by atoms with E-state index in [1.165, 1.54) is 0 Å². The quantitative estimate of drug-likeness (QED) is 0.101. The maximum atomic E-state index is 10.8. The van der Waals surface area contributed by atoms with Gasteiger partial charge in [-0.2, -0.15) is 0 Å². The summed E-state index contributed by atoms with van der Waals surface area (Å²) in [5, 5.41) is 11.4. The van der Waals surface area contributed by atoms with Crippen LogP contribution < -0.4 is 16.0 Å². The van der Waals surface area contributed by atoms with Gasteiger partial charge in [0, 0.05) is 54.6 Å². The van der Waals surface area contributed by atoms with Crippen molar-refractivity contribution < 1.29 is 38.0 Å². The van der Waals surface area contributed by atoms with E-state index in [1.54, 1.807) is 28.4 Å².